The van der Waals surface area contributed by atoms with Gasteiger partial charge < -0.3 is 5.11 Å². The van der Waals surface area contributed by atoms with E-state index in [2.05, 4.69) is 4.98 Å². The van der Waals surface area contributed by atoms with Gasteiger partial charge in [-0.15, -0.1) is 0 Å². The van der Waals surface area contributed by atoms with Crippen LogP contribution in [0, 0.1) is 16.1 Å². The number of rotatable bonds is 2. The van der Waals surface area contributed by atoms with Crippen molar-refractivity contribution >= 4 is 5.69 Å². The number of hydrogen-bond donors (Lipinski definition) is 1. The number of nitro groups is 1. The van der Waals surface area contributed by atoms with E-state index >= 15 is 0 Å². The van der Waals surface area contributed by atoms with E-state index in [1.54, 1.807) is 0 Å². The molecule has 0 atom stereocenters. The van der Waals surface area contributed by atoms with Crippen molar-refractivity contribution in [2.24, 2.45) is 0 Å². The second-order valence-electron chi connectivity index (χ2n) is 2.26. The minimum atomic E-state index is -3.19. The van der Waals surface area contributed by atoms with Crippen LogP contribution in [0.25, 0.3) is 0 Å². The lowest BCUT2D eigenvalue weighted by atomic mass is 10.3. The Morgan fingerprint density at radius 3 is 2.57 bits per heavy atom. The smallest absolute Gasteiger partial charge is 0.327 e. The van der Waals surface area contributed by atoms with Gasteiger partial charge in [0, 0.05) is 0 Å². The van der Waals surface area contributed by atoms with Gasteiger partial charge in [-0.3, -0.25) is 10.1 Å². The first-order valence-corrected chi connectivity index (χ1v) is 3.25. The average Bonchev–Trinajstić information content (AvgIpc) is 2.07. The fourth-order valence-corrected chi connectivity index (χ4v) is 0.772. The summed E-state index contributed by atoms with van der Waals surface area (Å²) < 4.78 is 36.6. The van der Waals surface area contributed by atoms with E-state index in [-0.39, 0.29) is 0 Å². The predicted octanol–water partition coefficient (Wildman–Crippen LogP) is 1.77. The van der Waals surface area contributed by atoms with Crippen LogP contribution in [0.2, 0.25) is 0 Å². The Labute approximate surface area is 75.0 Å². The van der Waals surface area contributed by atoms with Gasteiger partial charge in [0.05, 0.1) is 11.0 Å². The third-order valence-corrected chi connectivity index (χ3v) is 1.37. The predicted molar refractivity (Wildman–Crippen MR) is 37.5 cm³/mol. The van der Waals surface area contributed by atoms with Gasteiger partial charge in [0.2, 0.25) is 0 Å². The molecule has 0 unspecified atom stereocenters. The second kappa shape index (κ2) is 3.48. The normalized spacial score (nSPS) is 10.6. The van der Waals surface area contributed by atoms with E-state index in [1.165, 1.54) is 0 Å². The fraction of sp³-hybridized carbons (Fsp3) is 0.167. The minimum Gasteiger partial charge on any atom is -0.506 e. The summed E-state index contributed by atoms with van der Waals surface area (Å²) >= 11 is 0. The maximum atomic E-state index is 12.6. The average molecular weight is 208 g/mol. The van der Waals surface area contributed by atoms with Crippen molar-refractivity contribution in [3.63, 3.8) is 0 Å². The molecule has 0 spiro atoms. The number of halogens is 3. The van der Waals surface area contributed by atoms with Gasteiger partial charge in [0.15, 0.2) is 5.69 Å². The standard InChI is InChI=1S/C6H3F3N2O3/c7-5(8)4-3(12)1-2(11(13)14)6(9)10-4/h1,5,12H. The molecule has 0 aliphatic rings. The van der Waals surface area contributed by atoms with Crippen molar-refractivity contribution in [3.05, 3.63) is 27.8 Å². The third-order valence-electron chi connectivity index (χ3n) is 1.37. The first-order valence-electron chi connectivity index (χ1n) is 3.25. The first-order chi connectivity index (χ1) is 6.43. The number of aromatic nitrogens is 1. The van der Waals surface area contributed by atoms with Crippen LogP contribution < -0.4 is 0 Å². The summed E-state index contributed by atoms with van der Waals surface area (Å²) in [6, 6.07) is 0.295. The molecule has 0 saturated carbocycles. The third kappa shape index (κ3) is 1.73. The van der Waals surface area contributed by atoms with Crippen molar-refractivity contribution in [2.45, 2.75) is 6.43 Å². The SMILES string of the molecule is O=[N+]([O-])c1cc(O)c(C(F)F)nc1F. The van der Waals surface area contributed by atoms with Gasteiger partial charge in [-0.1, -0.05) is 0 Å². The van der Waals surface area contributed by atoms with Crippen LogP contribution in [-0.2, 0) is 0 Å². The van der Waals surface area contributed by atoms with E-state index in [1.807, 2.05) is 0 Å². The van der Waals surface area contributed by atoms with Crippen molar-refractivity contribution in [2.75, 3.05) is 0 Å². The summed E-state index contributed by atoms with van der Waals surface area (Å²) in [5.41, 5.74) is -2.36. The highest BCUT2D eigenvalue weighted by atomic mass is 19.3. The quantitative estimate of drug-likeness (QED) is 0.456. The molecule has 1 N–H and O–H groups in total. The molecule has 14 heavy (non-hydrogen) atoms. The Bertz CT molecular complexity index is 383. The molecule has 1 rings (SSSR count). The highest BCUT2D eigenvalue weighted by molar-refractivity contribution is 5.39. The Morgan fingerprint density at radius 1 is 1.57 bits per heavy atom. The monoisotopic (exact) mass is 208 g/mol. The van der Waals surface area contributed by atoms with Gasteiger partial charge in [-0.25, -0.2) is 13.8 Å². The second-order valence-corrected chi connectivity index (χ2v) is 2.26. The molecular weight excluding hydrogens is 205 g/mol. The van der Waals surface area contributed by atoms with Gasteiger partial charge in [0.1, 0.15) is 5.75 Å². The van der Waals surface area contributed by atoms with Gasteiger partial charge in [-0.2, -0.15) is 4.39 Å². The molecule has 1 heterocycles. The van der Waals surface area contributed by atoms with Crippen molar-refractivity contribution in [1.29, 1.82) is 0 Å². The van der Waals surface area contributed by atoms with Crippen LogP contribution in [0.15, 0.2) is 6.07 Å². The molecule has 0 saturated heterocycles. The lowest BCUT2D eigenvalue weighted by Gasteiger charge is -2.01. The lowest BCUT2D eigenvalue weighted by molar-refractivity contribution is -0.388. The van der Waals surface area contributed by atoms with Crippen LogP contribution in [0.3, 0.4) is 0 Å². The van der Waals surface area contributed by atoms with Crippen LogP contribution in [0.5, 0.6) is 5.75 Å². The highest BCUT2D eigenvalue weighted by Crippen LogP contribution is 2.30. The van der Waals surface area contributed by atoms with Crippen molar-refractivity contribution in [3.8, 4) is 5.75 Å². The number of alkyl halides is 2. The summed E-state index contributed by atoms with van der Waals surface area (Å²) in [6.45, 7) is 0. The van der Waals surface area contributed by atoms with Crippen LogP contribution in [0.1, 0.15) is 12.1 Å². The molecule has 1 aromatic heterocycles. The van der Waals surface area contributed by atoms with Gasteiger partial charge >= 0.3 is 5.69 Å². The molecule has 76 valence electrons. The molecule has 0 amide bonds. The van der Waals surface area contributed by atoms with Crippen molar-refractivity contribution < 1.29 is 23.2 Å². The number of pyridine rings is 1. The first kappa shape index (κ1) is 10.2. The molecule has 0 aliphatic carbocycles. The molecule has 8 heteroatoms. The molecule has 0 fully saturated rings. The van der Waals surface area contributed by atoms with Crippen LogP contribution in [0.4, 0.5) is 18.9 Å². The van der Waals surface area contributed by atoms with E-state index in [9.17, 15) is 23.3 Å². The zero-order valence-corrected chi connectivity index (χ0v) is 6.45. The summed E-state index contributed by atoms with van der Waals surface area (Å²) in [5, 5.41) is 18.9. The van der Waals surface area contributed by atoms with Gasteiger partial charge in [0.25, 0.3) is 12.4 Å². The maximum absolute atomic E-state index is 12.6. The fourth-order valence-electron chi connectivity index (χ4n) is 0.772. The molecule has 1 aromatic rings. The topological polar surface area (TPSA) is 76.3 Å². The Kier molecular flexibility index (Phi) is 2.54. The summed E-state index contributed by atoms with van der Waals surface area (Å²) in [4.78, 5) is 11.5. The summed E-state index contributed by atoms with van der Waals surface area (Å²) in [5.74, 6) is -2.75. The Hall–Kier alpha value is -1.86. The summed E-state index contributed by atoms with van der Waals surface area (Å²) in [6.07, 6.45) is -3.19. The number of nitrogens with zero attached hydrogens (tertiary/aromatic N) is 2. The zero-order valence-electron chi connectivity index (χ0n) is 6.45. The van der Waals surface area contributed by atoms with E-state index in [4.69, 9.17) is 5.11 Å². The van der Waals surface area contributed by atoms with E-state index in [0.717, 1.165) is 0 Å². The molecule has 0 aliphatic heterocycles. The minimum absolute atomic E-state index is 0.295. The molecule has 0 radical (unpaired) electrons. The highest BCUT2D eigenvalue weighted by Gasteiger charge is 2.23. The number of aromatic hydroxyl groups is 1. The Morgan fingerprint density at radius 2 is 2.14 bits per heavy atom. The molecule has 0 aromatic carbocycles. The van der Waals surface area contributed by atoms with Crippen LogP contribution in [-0.4, -0.2) is 15.0 Å². The Balaban J connectivity index is 3.31. The van der Waals surface area contributed by atoms with Crippen LogP contribution >= 0.6 is 0 Å². The zero-order chi connectivity index (χ0) is 10.9. The summed E-state index contributed by atoms with van der Waals surface area (Å²) in [7, 11) is 0. The van der Waals surface area contributed by atoms with Gasteiger partial charge in [-0.05, 0) is 0 Å². The lowest BCUT2D eigenvalue weighted by Crippen LogP contribution is -2.00. The number of hydrogen-bond acceptors (Lipinski definition) is 4. The molecule has 5 nitrogen and oxygen atoms in total. The van der Waals surface area contributed by atoms with E-state index in [0.29, 0.717) is 6.07 Å². The van der Waals surface area contributed by atoms with E-state index < -0.39 is 34.4 Å². The van der Waals surface area contributed by atoms with Crippen molar-refractivity contribution in [1.82, 2.24) is 4.98 Å². The largest absolute Gasteiger partial charge is 0.506 e. The maximum Gasteiger partial charge on any atom is 0.327 e. The molecular formula is C6H3F3N2O3. The molecule has 0 bridgehead atoms.